The van der Waals surface area contributed by atoms with E-state index in [2.05, 4.69) is 4.42 Å². The van der Waals surface area contributed by atoms with Crippen LogP contribution in [0.2, 0.25) is 0 Å². The first-order valence-electron chi connectivity index (χ1n) is 5.88. The first-order valence-corrected chi connectivity index (χ1v) is 5.88. The Bertz CT molecular complexity index is 511. The van der Waals surface area contributed by atoms with Gasteiger partial charge < -0.3 is 14.4 Å². The Balaban J connectivity index is 1.94. The van der Waals surface area contributed by atoms with Crippen LogP contribution in [0.15, 0.2) is 27.6 Å². The van der Waals surface area contributed by atoms with Gasteiger partial charge in [-0.2, -0.15) is 0 Å². The van der Waals surface area contributed by atoms with Crippen LogP contribution < -0.4 is 5.63 Å². The highest BCUT2D eigenvalue weighted by Gasteiger charge is 2.23. The molecule has 1 aliphatic heterocycles. The summed E-state index contributed by atoms with van der Waals surface area (Å²) in [5, 5.41) is 8.68. The van der Waals surface area contributed by atoms with E-state index in [1.807, 2.05) is 0 Å². The Kier molecular flexibility index (Phi) is 3.96. The minimum atomic E-state index is -0.871. The molecule has 102 valence electrons. The highest BCUT2D eigenvalue weighted by atomic mass is 16.4. The zero-order chi connectivity index (χ0) is 13.8. The molecule has 0 bridgehead atoms. The Morgan fingerprint density at radius 1 is 1.21 bits per heavy atom. The van der Waals surface area contributed by atoms with E-state index in [9.17, 15) is 14.4 Å². The first-order chi connectivity index (χ1) is 9.06. The summed E-state index contributed by atoms with van der Waals surface area (Å²) in [6.07, 6.45) is 1.15. The number of hydrogen-bond acceptors (Lipinski definition) is 5. The first kappa shape index (κ1) is 13.3. The molecule has 1 aromatic rings. The molecule has 0 aromatic carbocycles. The standard InChI is InChI=1S/C12H14N2O5/c15-10(16)7-13-3-5-14(6-4-13)12(18)9-1-2-11(17)19-8-9/h1-2,8H,3-7H2,(H,15,16). The van der Waals surface area contributed by atoms with Gasteiger partial charge in [0.1, 0.15) is 6.26 Å². The average molecular weight is 266 g/mol. The number of carbonyl (C=O) groups is 2. The van der Waals surface area contributed by atoms with Crippen molar-refractivity contribution in [2.24, 2.45) is 0 Å². The second-order valence-electron chi connectivity index (χ2n) is 4.31. The Morgan fingerprint density at radius 3 is 2.42 bits per heavy atom. The summed E-state index contributed by atoms with van der Waals surface area (Å²) in [5.74, 6) is -1.08. The van der Waals surface area contributed by atoms with Crippen LogP contribution >= 0.6 is 0 Å². The van der Waals surface area contributed by atoms with Crippen molar-refractivity contribution in [3.63, 3.8) is 0 Å². The maximum absolute atomic E-state index is 12.1. The van der Waals surface area contributed by atoms with E-state index in [-0.39, 0.29) is 12.5 Å². The van der Waals surface area contributed by atoms with Gasteiger partial charge in [-0.3, -0.25) is 14.5 Å². The number of carboxylic acids is 1. The summed E-state index contributed by atoms with van der Waals surface area (Å²) in [4.78, 5) is 36.8. The molecule has 0 saturated carbocycles. The van der Waals surface area contributed by atoms with Crippen LogP contribution in [0.25, 0.3) is 0 Å². The van der Waals surface area contributed by atoms with E-state index in [4.69, 9.17) is 5.11 Å². The normalized spacial score (nSPS) is 16.3. The fourth-order valence-electron chi connectivity index (χ4n) is 1.96. The van der Waals surface area contributed by atoms with Crippen LogP contribution in [-0.4, -0.2) is 59.5 Å². The fourth-order valence-corrected chi connectivity index (χ4v) is 1.96. The molecule has 1 aliphatic rings. The van der Waals surface area contributed by atoms with Gasteiger partial charge in [0.15, 0.2) is 0 Å². The van der Waals surface area contributed by atoms with Crippen LogP contribution in [0, 0.1) is 0 Å². The van der Waals surface area contributed by atoms with Crippen molar-refractivity contribution >= 4 is 11.9 Å². The van der Waals surface area contributed by atoms with E-state index in [0.29, 0.717) is 31.7 Å². The summed E-state index contributed by atoms with van der Waals surface area (Å²) in [7, 11) is 0. The Labute approximate surface area is 109 Å². The molecule has 0 radical (unpaired) electrons. The number of hydrogen-bond donors (Lipinski definition) is 1. The molecule has 1 aromatic heterocycles. The summed E-state index contributed by atoms with van der Waals surface area (Å²) in [5.41, 5.74) is -0.172. The van der Waals surface area contributed by atoms with Crippen molar-refractivity contribution in [2.75, 3.05) is 32.7 Å². The molecular formula is C12H14N2O5. The second-order valence-corrected chi connectivity index (χ2v) is 4.31. The maximum atomic E-state index is 12.1. The molecule has 1 saturated heterocycles. The van der Waals surface area contributed by atoms with Gasteiger partial charge in [-0.15, -0.1) is 0 Å². The quantitative estimate of drug-likeness (QED) is 0.791. The molecule has 7 heteroatoms. The van der Waals surface area contributed by atoms with Gasteiger partial charge in [0.25, 0.3) is 5.91 Å². The van der Waals surface area contributed by atoms with Gasteiger partial charge in [0.05, 0.1) is 12.1 Å². The van der Waals surface area contributed by atoms with Gasteiger partial charge in [-0.05, 0) is 6.07 Å². The smallest absolute Gasteiger partial charge is 0.335 e. The average Bonchev–Trinajstić information content (AvgIpc) is 2.39. The molecule has 0 atom stereocenters. The molecule has 1 fully saturated rings. The van der Waals surface area contributed by atoms with Crippen molar-refractivity contribution in [3.8, 4) is 0 Å². The van der Waals surface area contributed by atoms with Gasteiger partial charge in [-0.25, -0.2) is 4.79 Å². The van der Waals surface area contributed by atoms with Crippen molar-refractivity contribution in [1.82, 2.24) is 9.80 Å². The summed E-state index contributed by atoms with van der Waals surface area (Å²) in [6, 6.07) is 2.63. The van der Waals surface area contributed by atoms with Crippen molar-refractivity contribution in [3.05, 3.63) is 34.4 Å². The lowest BCUT2D eigenvalue weighted by Crippen LogP contribution is -2.49. The summed E-state index contributed by atoms with van der Waals surface area (Å²) < 4.78 is 4.65. The number of rotatable bonds is 3. The summed E-state index contributed by atoms with van der Waals surface area (Å²) >= 11 is 0. The van der Waals surface area contributed by atoms with E-state index >= 15 is 0 Å². The molecule has 7 nitrogen and oxygen atoms in total. The SMILES string of the molecule is O=C(O)CN1CCN(C(=O)c2ccc(=O)oc2)CC1. The number of piperazine rings is 1. The molecule has 1 amide bonds. The zero-order valence-corrected chi connectivity index (χ0v) is 10.2. The maximum Gasteiger partial charge on any atom is 0.335 e. The predicted molar refractivity (Wildman–Crippen MR) is 65.0 cm³/mol. The largest absolute Gasteiger partial charge is 0.480 e. The third-order valence-electron chi connectivity index (χ3n) is 2.97. The Hall–Kier alpha value is -2.15. The monoisotopic (exact) mass is 266 g/mol. The highest BCUT2D eigenvalue weighted by Crippen LogP contribution is 2.07. The molecule has 19 heavy (non-hydrogen) atoms. The lowest BCUT2D eigenvalue weighted by molar-refractivity contribution is -0.138. The third-order valence-corrected chi connectivity index (χ3v) is 2.97. The molecule has 1 N–H and O–H groups in total. The molecule has 0 unspecified atom stereocenters. The van der Waals surface area contributed by atoms with Gasteiger partial charge in [0.2, 0.25) is 0 Å². The van der Waals surface area contributed by atoms with Crippen molar-refractivity contribution in [1.29, 1.82) is 0 Å². The van der Waals surface area contributed by atoms with Crippen molar-refractivity contribution < 1.29 is 19.1 Å². The van der Waals surface area contributed by atoms with E-state index in [1.54, 1.807) is 9.80 Å². The fraction of sp³-hybridized carbons (Fsp3) is 0.417. The minimum Gasteiger partial charge on any atom is -0.480 e. The molecular weight excluding hydrogens is 252 g/mol. The van der Waals surface area contributed by atoms with Gasteiger partial charge in [0, 0.05) is 32.2 Å². The molecule has 2 rings (SSSR count). The van der Waals surface area contributed by atoms with E-state index in [0.717, 1.165) is 6.26 Å². The predicted octanol–water partition coefficient (Wildman–Crippen LogP) is -0.518. The van der Waals surface area contributed by atoms with Crippen LogP contribution in [-0.2, 0) is 4.79 Å². The van der Waals surface area contributed by atoms with Crippen LogP contribution in [0.4, 0.5) is 0 Å². The second kappa shape index (κ2) is 5.66. The number of nitrogens with zero attached hydrogens (tertiary/aromatic N) is 2. The van der Waals surface area contributed by atoms with Crippen LogP contribution in [0.5, 0.6) is 0 Å². The topological polar surface area (TPSA) is 91.1 Å². The molecule has 2 heterocycles. The highest BCUT2D eigenvalue weighted by molar-refractivity contribution is 5.93. The van der Waals surface area contributed by atoms with Crippen molar-refractivity contribution in [2.45, 2.75) is 0 Å². The van der Waals surface area contributed by atoms with E-state index < -0.39 is 11.6 Å². The number of aliphatic carboxylic acids is 1. The van der Waals surface area contributed by atoms with Crippen LogP contribution in [0.1, 0.15) is 10.4 Å². The lowest BCUT2D eigenvalue weighted by Gasteiger charge is -2.33. The van der Waals surface area contributed by atoms with Gasteiger partial charge in [-0.1, -0.05) is 0 Å². The van der Waals surface area contributed by atoms with Crippen LogP contribution in [0.3, 0.4) is 0 Å². The molecule has 0 spiro atoms. The number of carbonyl (C=O) groups excluding carboxylic acids is 1. The zero-order valence-electron chi connectivity index (χ0n) is 10.2. The minimum absolute atomic E-state index is 0.0117. The lowest BCUT2D eigenvalue weighted by atomic mass is 10.2. The Morgan fingerprint density at radius 2 is 1.89 bits per heavy atom. The van der Waals surface area contributed by atoms with E-state index in [1.165, 1.54) is 12.1 Å². The number of amides is 1. The third kappa shape index (κ3) is 3.41. The van der Waals surface area contributed by atoms with Gasteiger partial charge >= 0.3 is 11.6 Å². The number of carboxylic acid groups (broad SMARTS) is 1. The molecule has 0 aliphatic carbocycles. The summed E-state index contributed by atoms with van der Waals surface area (Å²) in [6.45, 7) is 1.96.